The van der Waals surface area contributed by atoms with Crippen molar-refractivity contribution in [3.8, 4) is 6.07 Å². The predicted molar refractivity (Wildman–Crippen MR) is 120 cm³/mol. The molecule has 0 bridgehead atoms. The van der Waals surface area contributed by atoms with Crippen LogP contribution in [0.5, 0.6) is 0 Å². The highest BCUT2D eigenvalue weighted by molar-refractivity contribution is 5.86. The Morgan fingerprint density at radius 2 is 1.73 bits per heavy atom. The van der Waals surface area contributed by atoms with Crippen LogP contribution in [0.25, 0.3) is 16.7 Å². The van der Waals surface area contributed by atoms with Crippen molar-refractivity contribution in [3.63, 3.8) is 0 Å². The van der Waals surface area contributed by atoms with E-state index in [4.69, 9.17) is 4.98 Å². The summed E-state index contributed by atoms with van der Waals surface area (Å²) in [6.45, 7) is 7.85. The number of piperazine rings is 1. The van der Waals surface area contributed by atoms with Crippen molar-refractivity contribution in [2.24, 2.45) is 0 Å². The lowest BCUT2D eigenvalue weighted by molar-refractivity contribution is 0.637. The van der Waals surface area contributed by atoms with Crippen molar-refractivity contribution < 1.29 is 0 Å². The van der Waals surface area contributed by atoms with Gasteiger partial charge in [0.25, 0.3) is 0 Å². The minimum absolute atomic E-state index is 0.680. The van der Waals surface area contributed by atoms with E-state index in [1.54, 1.807) is 0 Å². The number of rotatable bonds is 3. The van der Waals surface area contributed by atoms with Crippen molar-refractivity contribution in [1.29, 1.82) is 5.26 Å². The van der Waals surface area contributed by atoms with Gasteiger partial charge in [-0.25, -0.2) is 9.97 Å². The Kier molecular flexibility index (Phi) is 4.51. The second kappa shape index (κ2) is 7.34. The molecule has 0 aliphatic carbocycles. The quantitative estimate of drug-likeness (QED) is 0.525. The smallest absolute Gasteiger partial charge is 0.157 e. The highest BCUT2D eigenvalue weighted by atomic mass is 15.3. The standard InChI is InChI=1S/C24H24N6/c1-3-18-17(2)19(16-25)23-27-20-8-4-5-9-21(20)30(23)24(18)29-14-12-28(13-15-29)22-10-6-7-11-26-22/h4-11H,3,12-15H2,1-2H3. The minimum Gasteiger partial charge on any atom is -0.354 e. The Bertz CT molecular complexity index is 1260. The summed E-state index contributed by atoms with van der Waals surface area (Å²) in [6, 6.07) is 16.6. The SMILES string of the molecule is CCc1c(C)c(C#N)c2nc3ccccc3n2c1N1CCN(c2ccccn2)CC1. The van der Waals surface area contributed by atoms with Gasteiger partial charge in [-0.05, 0) is 48.7 Å². The molecule has 0 N–H and O–H groups in total. The van der Waals surface area contributed by atoms with E-state index >= 15 is 0 Å². The van der Waals surface area contributed by atoms with Crippen molar-refractivity contribution in [2.45, 2.75) is 20.3 Å². The maximum Gasteiger partial charge on any atom is 0.157 e. The van der Waals surface area contributed by atoms with Crippen LogP contribution in [0.3, 0.4) is 0 Å². The molecule has 30 heavy (non-hydrogen) atoms. The van der Waals surface area contributed by atoms with Gasteiger partial charge in [-0.2, -0.15) is 5.26 Å². The molecule has 150 valence electrons. The Morgan fingerprint density at radius 1 is 1.00 bits per heavy atom. The van der Waals surface area contributed by atoms with Gasteiger partial charge in [-0.1, -0.05) is 25.1 Å². The molecule has 0 radical (unpaired) electrons. The number of para-hydroxylation sites is 2. The van der Waals surface area contributed by atoms with Gasteiger partial charge in [-0.15, -0.1) is 0 Å². The van der Waals surface area contributed by atoms with Crippen LogP contribution in [-0.4, -0.2) is 40.5 Å². The predicted octanol–water partition coefficient (Wildman–Crippen LogP) is 3.95. The third-order valence-corrected chi connectivity index (χ3v) is 6.11. The average Bonchev–Trinajstić information content (AvgIpc) is 3.18. The van der Waals surface area contributed by atoms with E-state index in [9.17, 15) is 5.26 Å². The monoisotopic (exact) mass is 396 g/mol. The first-order chi connectivity index (χ1) is 14.7. The number of benzene rings is 1. The van der Waals surface area contributed by atoms with Gasteiger partial charge in [-0.3, -0.25) is 4.40 Å². The summed E-state index contributed by atoms with van der Waals surface area (Å²) in [5.41, 5.74) is 5.70. The van der Waals surface area contributed by atoms with Crippen LogP contribution in [0.1, 0.15) is 23.6 Å². The first-order valence-electron chi connectivity index (χ1n) is 10.5. The highest BCUT2D eigenvalue weighted by Gasteiger charge is 2.26. The molecule has 4 aromatic rings. The number of pyridine rings is 2. The number of aromatic nitrogens is 3. The van der Waals surface area contributed by atoms with Crippen molar-refractivity contribution in [2.75, 3.05) is 36.0 Å². The number of nitriles is 1. The Hall–Kier alpha value is -3.59. The van der Waals surface area contributed by atoms with Crippen LogP contribution in [0, 0.1) is 18.3 Å². The summed E-state index contributed by atoms with van der Waals surface area (Å²) in [7, 11) is 0. The van der Waals surface area contributed by atoms with Gasteiger partial charge in [0.1, 0.15) is 17.7 Å². The molecule has 0 unspecified atom stereocenters. The van der Waals surface area contributed by atoms with Gasteiger partial charge >= 0.3 is 0 Å². The number of hydrogen-bond donors (Lipinski definition) is 0. The second-order valence-corrected chi connectivity index (χ2v) is 7.69. The molecule has 0 amide bonds. The van der Waals surface area contributed by atoms with Crippen molar-refractivity contribution in [3.05, 3.63) is 65.4 Å². The summed E-state index contributed by atoms with van der Waals surface area (Å²) in [6.07, 6.45) is 2.72. The first-order valence-corrected chi connectivity index (χ1v) is 10.5. The molecule has 0 saturated carbocycles. The van der Waals surface area contributed by atoms with Crippen molar-refractivity contribution in [1.82, 2.24) is 14.4 Å². The van der Waals surface area contributed by atoms with Crippen LogP contribution in [-0.2, 0) is 6.42 Å². The van der Waals surface area contributed by atoms with E-state index in [0.717, 1.165) is 60.7 Å². The summed E-state index contributed by atoms with van der Waals surface area (Å²) >= 11 is 0. The van der Waals surface area contributed by atoms with Gasteiger partial charge < -0.3 is 9.80 Å². The third kappa shape index (κ3) is 2.78. The average molecular weight is 396 g/mol. The normalized spacial score (nSPS) is 14.4. The number of fused-ring (bicyclic) bond motifs is 3. The number of anilines is 2. The van der Waals surface area contributed by atoms with Gasteiger partial charge in [0.2, 0.25) is 0 Å². The molecule has 4 heterocycles. The maximum absolute atomic E-state index is 9.89. The second-order valence-electron chi connectivity index (χ2n) is 7.69. The molecule has 1 aliphatic rings. The van der Waals surface area contributed by atoms with Crippen LogP contribution in [0.2, 0.25) is 0 Å². The zero-order valence-electron chi connectivity index (χ0n) is 17.3. The third-order valence-electron chi connectivity index (χ3n) is 6.11. The van der Waals surface area contributed by atoms with Gasteiger partial charge in [0, 0.05) is 32.4 Å². The van der Waals surface area contributed by atoms with Gasteiger partial charge in [0.05, 0.1) is 16.6 Å². The van der Waals surface area contributed by atoms with Crippen LogP contribution in [0.15, 0.2) is 48.7 Å². The van der Waals surface area contributed by atoms with E-state index in [0.29, 0.717) is 5.56 Å². The summed E-state index contributed by atoms with van der Waals surface area (Å²) in [5.74, 6) is 2.21. The summed E-state index contributed by atoms with van der Waals surface area (Å²) in [4.78, 5) is 14.1. The molecule has 0 spiro atoms. The first kappa shape index (κ1) is 18.4. The molecule has 6 heteroatoms. The Balaban J connectivity index is 1.65. The fraction of sp³-hybridized carbons (Fsp3) is 0.292. The number of nitrogens with zero attached hydrogens (tertiary/aromatic N) is 6. The van der Waals surface area contributed by atoms with E-state index in [1.807, 2.05) is 36.5 Å². The van der Waals surface area contributed by atoms with Crippen LogP contribution in [0.4, 0.5) is 11.6 Å². The van der Waals surface area contributed by atoms with Crippen molar-refractivity contribution >= 4 is 28.3 Å². The maximum atomic E-state index is 9.89. The fourth-order valence-electron chi connectivity index (χ4n) is 4.61. The zero-order valence-corrected chi connectivity index (χ0v) is 17.3. The number of hydrogen-bond acceptors (Lipinski definition) is 5. The van der Waals surface area contributed by atoms with E-state index in [1.165, 1.54) is 11.4 Å². The Labute approximate surface area is 176 Å². The molecule has 5 rings (SSSR count). The molecule has 0 atom stereocenters. The molecule has 3 aromatic heterocycles. The topological polar surface area (TPSA) is 60.5 Å². The summed E-state index contributed by atoms with van der Waals surface area (Å²) in [5, 5.41) is 9.89. The molecule has 6 nitrogen and oxygen atoms in total. The number of imidazole rings is 1. The van der Waals surface area contributed by atoms with E-state index in [2.05, 4.69) is 51.2 Å². The zero-order chi connectivity index (χ0) is 20.7. The molecular weight excluding hydrogens is 372 g/mol. The Morgan fingerprint density at radius 3 is 2.43 bits per heavy atom. The largest absolute Gasteiger partial charge is 0.354 e. The molecule has 1 aromatic carbocycles. The summed E-state index contributed by atoms with van der Waals surface area (Å²) < 4.78 is 2.20. The van der Waals surface area contributed by atoms with Crippen LogP contribution >= 0.6 is 0 Å². The minimum atomic E-state index is 0.680. The van der Waals surface area contributed by atoms with E-state index in [-0.39, 0.29) is 0 Å². The lowest BCUT2D eigenvalue weighted by atomic mass is 10.0. The molecule has 1 aliphatic heterocycles. The van der Waals surface area contributed by atoms with Gasteiger partial charge in [0.15, 0.2) is 5.65 Å². The molecule has 1 fully saturated rings. The highest BCUT2D eigenvalue weighted by Crippen LogP contribution is 2.34. The molecule has 1 saturated heterocycles. The van der Waals surface area contributed by atoms with E-state index < -0.39 is 0 Å². The molecular formula is C24H24N6. The lowest BCUT2D eigenvalue weighted by Crippen LogP contribution is -2.47. The van der Waals surface area contributed by atoms with Crippen LogP contribution < -0.4 is 9.80 Å². The fourth-order valence-corrected chi connectivity index (χ4v) is 4.61. The lowest BCUT2D eigenvalue weighted by Gasteiger charge is -2.38.